The molecule has 118 valence electrons. The number of carbonyl (C=O) groups excluding carboxylic acids is 1. The molecular weight excluding hydrogens is 286 g/mol. The molecule has 0 aliphatic heterocycles. The minimum absolute atomic E-state index is 0.0543. The van der Waals surface area contributed by atoms with Gasteiger partial charge >= 0.3 is 0 Å². The minimum Gasteiger partial charge on any atom is -0.326 e. The van der Waals surface area contributed by atoms with E-state index in [1.165, 1.54) is 0 Å². The van der Waals surface area contributed by atoms with Crippen molar-refractivity contribution in [2.45, 2.75) is 33.6 Å². The zero-order valence-electron chi connectivity index (χ0n) is 13.8. The summed E-state index contributed by atoms with van der Waals surface area (Å²) in [5, 5.41) is 2.99. The fourth-order valence-electron chi connectivity index (χ4n) is 2.65. The number of pyridine rings is 1. The Morgan fingerprint density at radius 2 is 2.04 bits per heavy atom. The number of amides is 1. The summed E-state index contributed by atoms with van der Waals surface area (Å²) >= 11 is 0. The van der Waals surface area contributed by atoms with Crippen LogP contribution in [0.2, 0.25) is 0 Å². The highest BCUT2D eigenvalue weighted by molar-refractivity contribution is 5.92. The van der Waals surface area contributed by atoms with Crippen LogP contribution in [0.5, 0.6) is 0 Å². The molecule has 0 aliphatic rings. The molecule has 2 heterocycles. The molecule has 0 fully saturated rings. The van der Waals surface area contributed by atoms with Gasteiger partial charge in [0.15, 0.2) is 0 Å². The molecule has 0 spiro atoms. The Morgan fingerprint density at radius 1 is 1.22 bits per heavy atom. The Bertz CT molecular complexity index is 864. The molecule has 0 aliphatic carbocycles. The van der Waals surface area contributed by atoms with Crippen molar-refractivity contribution >= 4 is 17.2 Å². The van der Waals surface area contributed by atoms with E-state index in [-0.39, 0.29) is 5.91 Å². The molecule has 0 saturated heterocycles. The Hall–Kier alpha value is -2.62. The lowest BCUT2D eigenvalue weighted by atomic mass is 10.1. The SMILES string of the molecule is CCCC(=O)Nc1cc(-c2cn3cccc(C)c3n2)ccc1C. The van der Waals surface area contributed by atoms with Crippen LogP contribution in [-0.2, 0) is 4.79 Å². The van der Waals surface area contributed by atoms with Gasteiger partial charge in [-0.3, -0.25) is 4.79 Å². The first-order valence-corrected chi connectivity index (χ1v) is 7.93. The third-order valence-corrected chi connectivity index (χ3v) is 3.96. The van der Waals surface area contributed by atoms with Crippen LogP contribution in [0, 0.1) is 13.8 Å². The van der Waals surface area contributed by atoms with Gasteiger partial charge in [-0.05, 0) is 43.5 Å². The number of hydrogen-bond donors (Lipinski definition) is 1. The number of hydrogen-bond acceptors (Lipinski definition) is 2. The van der Waals surface area contributed by atoms with Crippen LogP contribution in [0.3, 0.4) is 0 Å². The smallest absolute Gasteiger partial charge is 0.224 e. The molecule has 0 saturated carbocycles. The predicted octanol–water partition coefficient (Wildman–Crippen LogP) is 4.36. The number of aromatic nitrogens is 2. The number of nitrogens with one attached hydrogen (secondary N) is 1. The van der Waals surface area contributed by atoms with Gasteiger partial charge in [0.25, 0.3) is 0 Å². The van der Waals surface area contributed by atoms with Gasteiger partial charge in [0, 0.05) is 30.1 Å². The fourth-order valence-corrected chi connectivity index (χ4v) is 2.65. The Morgan fingerprint density at radius 3 is 2.78 bits per heavy atom. The molecule has 4 nitrogen and oxygen atoms in total. The van der Waals surface area contributed by atoms with E-state index >= 15 is 0 Å². The second kappa shape index (κ2) is 6.24. The monoisotopic (exact) mass is 307 g/mol. The first kappa shape index (κ1) is 15.3. The van der Waals surface area contributed by atoms with Crippen molar-refractivity contribution < 1.29 is 4.79 Å². The van der Waals surface area contributed by atoms with Crippen molar-refractivity contribution in [3.05, 3.63) is 53.9 Å². The number of nitrogens with zero attached hydrogens (tertiary/aromatic N) is 2. The van der Waals surface area contributed by atoms with Gasteiger partial charge in [0.05, 0.1) is 5.69 Å². The van der Waals surface area contributed by atoms with Gasteiger partial charge in [-0.1, -0.05) is 25.1 Å². The summed E-state index contributed by atoms with van der Waals surface area (Å²) in [6.45, 7) is 6.05. The quantitative estimate of drug-likeness (QED) is 0.778. The maximum atomic E-state index is 11.9. The topological polar surface area (TPSA) is 46.4 Å². The average Bonchev–Trinajstić information content (AvgIpc) is 2.95. The molecule has 3 aromatic rings. The van der Waals surface area contributed by atoms with Crippen LogP contribution in [-0.4, -0.2) is 15.3 Å². The van der Waals surface area contributed by atoms with E-state index in [0.717, 1.165) is 40.1 Å². The average molecular weight is 307 g/mol. The molecule has 0 atom stereocenters. The van der Waals surface area contributed by atoms with Gasteiger partial charge < -0.3 is 9.72 Å². The number of fused-ring (bicyclic) bond motifs is 1. The molecule has 4 heteroatoms. The highest BCUT2D eigenvalue weighted by Crippen LogP contribution is 2.26. The van der Waals surface area contributed by atoms with E-state index in [0.29, 0.717) is 6.42 Å². The first-order valence-electron chi connectivity index (χ1n) is 7.93. The first-order chi connectivity index (χ1) is 11.1. The lowest BCUT2D eigenvalue weighted by Crippen LogP contribution is -2.11. The third kappa shape index (κ3) is 3.11. The van der Waals surface area contributed by atoms with Crippen LogP contribution >= 0.6 is 0 Å². The molecule has 0 radical (unpaired) electrons. The van der Waals surface area contributed by atoms with E-state index in [1.54, 1.807) is 0 Å². The van der Waals surface area contributed by atoms with Crippen LogP contribution < -0.4 is 5.32 Å². The molecule has 3 rings (SSSR count). The highest BCUT2D eigenvalue weighted by Gasteiger charge is 2.09. The number of anilines is 1. The molecule has 1 amide bonds. The second-order valence-electron chi connectivity index (χ2n) is 5.88. The normalized spacial score (nSPS) is 10.9. The molecule has 2 aromatic heterocycles. The van der Waals surface area contributed by atoms with Crippen molar-refractivity contribution in [2.24, 2.45) is 0 Å². The van der Waals surface area contributed by atoms with Crippen molar-refractivity contribution in [2.75, 3.05) is 5.32 Å². The Kier molecular flexibility index (Phi) is 4.15. The van der Waals surface area contributed by atoms with E-state index in [2.05, 4.69) is 18.3 Å². The van der Waals surface area contributed by atoms with Gasteiger partial charge in [-0.25, -0.2) is 4.98 Å². The highest BCUT2D eigenvalue weighted by atomic mass is 16.1. The Labute approximate surface area is 136 Å². The number of benzene rings is 1. The molecule has 0 unspecified atom stereocenters. The van der Waals surface area contributed by atoms with E-state index in [4.69, 9.17) is 4.98 Å². The summed E-state index contributed by atoms with van der Waals surface area (Å²) in [6.07, 6.45) is 5.40. The largest absolute Gasteiger partial charge is 0.326 e. The Balaban J connectivity index is 1.98. The molecule has 0 bridgehead atoms. The van der Waals surface area contributed by atoms with Gasteiger partial charge in [0.2, 0.25) is 5.91 Å². The summed E-state index contributed by atoms with van der Waals surface area (Å²) < 4.78 is 2.03. The summed E-state index contributed by atoms with van der Waals surface area (Å²) in [5.74, 6) is 0.0543. The molecule has 1 N–H and O–H groups in total. The summed E-state index contributed by atoms with van der Waals surface area (Å²) in [6, 6.07) is 10.1. The summed E-state index contributed by atoms with van der Waals surface area (Å²) in [4.78, 5) is 16.6. The number of rotatable bonds is 4. The van der Waals surface area contributed by atoms with E-state index in [9.17, 15) is 4.79 Å². The van der Waals surface area contributed by atoms with Gasteiger partial charge in [-0.2, -0.15) is 0 Å². The molecule has 1 aromatic carbocycles. The number of imidazole rings is 1. The standard InChI is InChI=1S/C19H21N3O/c1-4-6-18(23)20-16-11-15(9-8-13(16)2)17-12-22-10-5-7-14(3)19(22)21-17/h5,7-12H,4,6H2,1-3H3,(H,20,23). The minimum atomic E-state index is 0.0543. The number of aryl methyl sites for hydroxylation is 2. The van der Waals surface area contributed by atoms with E-state index in [1.807, 2.05) is 54.9 Å². The van der Waals surface area contributed by atoms with Gasteiger partial charge in [-0.15, -0.1) is 0 Å². The van der Waals surface area contributed by atoms with Crippen molar-refractivity contribution in [1.82, 2.24) is 9.38 Å². The van der Waals surface area contributed by atoms with Crippen LogP contribution in [0.15, 0.2) is 42.7 Å². The van der Waals surface area contributed by atoms with Crippen molar-refractivity contribution in [3.8, 4) is 11.3 Å². The summed E-state index contributed by atoms with van der Waals surface area (Å²) in [7, 11) is 0. The lowest BCUT2D eigenvalue weighted by molar-refractivity contribution is -0.116. The second-order valence-corrected chi connectivity index (χ2v) is 5.88. The fraction of sp³-hybridized carbons (Fsp3) is 0.263. The summed E-state index contributed by atoms with van der Waals surface area (Å²) in [5.41, 5.74) is 5.92. The van der Waals surface area contributed by atoms with Gasteiger partial charge in [0.1, 0.15) is 5.65 Å². The van der Waals surface area contributed by atoms with Crippen LogP contribution in [0.4, 0.5) is 5.69 Å². The maximum Gasteiger partial charge on any atom is 0.224 e. The zero-order chi connectivity index (χ0) is 16.4. The maximum absolute atomic E-state index is 11.9. The predicted molar refractivity (Wildman–Crippen MR) is 93.6 cm³/mol. The van der Waals surface area contributed by atoms with E-state index < -0.39 is 0 Å². The molecule has 23 heavy (non-hydrogen) atoms. The van der Waals surface area contributed by atoms with Crippen molar-refractivity contribution in [3.63, 3.8) is 0 Å². The molecular formula is C19H21N3O. The zero-order valence-corrected chi connectivity index (χ0v) is 13.8. The van der Waals surface area contributed by atoms with Crippen LogP contribution in [0.25, 0.3) is 16.9 Å². The lowest BCUT2D eigenvalue weighted by Gasteiger charge is -2.09. The third-order valence-electron chi connectivity index (χ3n) is 3.96. The van der Waals surface area contributed by atoms with Crippen LogP contribution in [0.1, 0.15) is 30.9 Å². The van der Waals surface area contributed by atoms with Crippen molar-refractivity contribution in [1.29, 1.82) is 0 Å². The number of carbonyl (C=O) groups is 1.